The van der Waals surface area contributed by atoms with Crippen LogP contribution in [0, 0.1) is 20.8 Å². The molecule has 84 valence electrons. The maximum atomic E-state index is 11.5. The number of H-pyrrole nitrogens is 1. The Kier molecular flexibility index (Phi) is 2.55. The van der Waals surface area contributed by atoms with Crippen LogP contribution in [0.1, 0.15) is 15.3 Å². The minimum absolute atomic E-state index is 0.206. The standard InChI is InChI=1S/C11H12N2O2S/c1-5-4-8(7(3)16-5)9-12-10(14)6(2)11(15)13-9/h4H,1-3H3,(H2,12,13,14,15). The molecule has 0 saturated heterocycles. The second-order valence-electron chi connectivity index (χ2n) is 3.69. The zero-order chi connectivity index (χ0) is 11.9. The maximum Gasteiger partial charge on any atom is 0.257 e. The Morgan fingerprint density at radius 3 is 2.56 bits per heavy atom. The molecule has 0 aliphatic heterocycles. The lowest BCUT2D eigenvalue weighted by Gasteiger charge is -2.02. The number of thiophene rings is 1. The first kappa shape index (κ1) is 10.9. The van der Waals surface area contributed by atoms with Crippen molar-refractivity contribution < 1.29 is 5.11 Å². The number of aromatic nitrogens is 2. The number of aromatic hydroxyl groups is 1. The number of aromatic amines is 1. The smallest absolute Gasteiger partial charge is 0.257 e. The first-order valence-electron chi connectivity index (χ1n) is 4.86. The predicted molar refractivity (Wildman–Crippen MR) is 64.0 cm³/mol. The summed E-state index contributed by atoms with van der Waals surface area (Å²) < 4.78 is 0. The van der Waals surface area contributed by atoms with E-state index in [2.05, 4.69) is 9.97 Å². The van der Waals surface area contributed by atoms with E-state index in [1.54, 1.807) is 11.3 Å². The van der Waals surface area contributed by atoms with Gasteiger partial charge in [0, 0.05) is 15.3 Å². The van der Waals surface area contributed by atoms with Crippen LogP contribution in [0.2, 0.25) is 0 Å². The van der Waals surface area contributed by atoms with Crippen LogP contribution in [-0.4, -0.2) is 15.1 Å². The molecule has 0 unspecified atom stereocenters. The molecule has 0 fully saturated rings. The molecule has 0 aliphatic carbocycles. The fraction of sp³-hybridized carbons (Fsp3) is 0.273. The highest BCUT2D eigenvalue weighted by molar-refractivity contribution is 7.12. The largest absolute Gasteiger partial charge is 0.493 e. The van der Waals surface area contributed by atoms with E-state index in [4.69, 9.17) is 0 Å². The summed E-state index contributed by atoms with van der Waals surface area (Å²) in [5, 5.41) is 9.51. The average molecular weight is 236 g/mol. The second kappa shape index (κ2) is 3.75. The van der Waals surface area contributed by atoms with Crippen molar-refractivity contribution in [3.05, 3.63) is 31.7 Å². The van der Waals surface area contributed by atoms with E-state index in [-0.39, 0.29) is 17.0 Å². The molecular formula is C11H12N2O2S. The van der Waals surface area contributed by atoms with Crippen LogP contribution in [-0.2, 0) is 0 Å². The lowest BCUT2D eigenvalue weighted by molar-refractivity contribution is 0.447. The molecule has 5 heteroatoms. The minimum atomic E-state index is -0.300. The molecular weight excluding hydrogens is 224 g/mol. The fourth-order valence-corrected chi connectivity index (χ4v) is 2.44. The molecule has 16 heavy (non-hydrogen) atoms. The number of hydrogen-bond donors (Lipinski definition) is 2. The zero-order valence-electron chi connectivity index (χ0n) is 9.29. The van der Waals surface area contributed by atoms with E-state index in [9.17, 15) is 9.90 Å². The van der Waals surface area contributed by atoms with Crippen LogP contribution < -0.4 is 5.56 Å². The van der Waals surface area contributed by atoms with Crippen molar-refractivity contribution in [3.8, 4) is 17.3 Å². The van der Waals surface area contributed by atoms with Crippen molar-refractivity contribution in [1.29, 1.82) is 0 Å². The van der Waals surface area contributed by atoms with Crippen LogP contribution in [0.5, 0.6) is 5.88 Å². The number of aryl methyl sites for hydroxylation is 2. The summed E-state index contributed by atoms with van der Waals surface area (Å²) in [4.78, 5) is 20.4. The average Bonchev–Trinajstić information content (AvgIpc) is 2.53. The molecule has 0 bridgehead atoms. The van der Waals surface area contributed by atoms with E-state index in [1.165, 1.54) is 6.92 Å². The highest BCUT2D eigenvalue weighted by Gasteiger charge is 2.11. The summed E-state index contributed by atoms with van der Waals surface area (Å²) in [7, 11) is 0. The molecule has 0 aliphatic rings. The molecule has 2 heterocycles. The van der Waals surface area contributed by atoms with Crippen molar-refractivity contribution in [3.63, 3.8) is 0 Å². The van der Waals surface area contributed by atoms with Gasteiger partial charge in [0.15, 0.2) is 0 Å². The molecule has 4 nitrogen and oxygen atoms in total. The Morgan fingerprint density at radius 2 is 2.06 bits per heavy atom. The molecule has 0 atom stereocenters. The van der Waals surface area contributed by atoms with Gasteiger partial charge in [0.05, 0.1) is 5.56 Å². The monoisotopic (exact) mass is 236 g/mol. The van der Waals surface area contributed by atoms with E-state index in [0.717, 1.165) is 15.3 Å². The molecule has 0 aromatic carbocycles. The Labute approximate surface area is 96.6 Å². The van der Waals surface area contributed by atoms with Crippen molar-refractivity contribution in [2.75, 3.05) is 0 Å². The lowest BCUT2D eigenvalue weighted by atomic mass is 10.2. The third-order valence-electron chi connectivity index (χ3n) is 2.42. The van der Waals surface area contributed by atoms with Gasteiger partial charge in [0.1, 0.15) is 5.82 Å². The van der Waals surface area contributed by atoms with Crippen LogP contribution >= 0.6 is 11.3 Å². The zero-order valence-corrected chi connectivity index (χ0v) is 10.1. The summed E-state index contributed by atoms with van der Waals surface area (Å²) in [6, 6.07) is 1.95. The van der Waals surface area contributed by atoms with Crippen LogP contribution in [0.3, 0.4) is 0 Å². The van der Waals surface area contributed by atoms with Gasteiger partial charge in [-0.2, -0.15) is 4.98 Å². The second-order valence-corrected chi connectivity index (χ2v) is 5.15. The van der Waals surface area contributed by atoms with E-state index >= 15 is 0 Å². The molecule has 2 N–H and O–H groups in total. The summed E-state index contributed by atoms with van der Waals surface area (Å²) in [6.45, 7) is 5.49. The highest BCUT2D eigenvalue weighted by Crippen LogP contribution is 2.28. The number of nitrogens with zero attached hydrogens (tertiary/aromatic N) is 1. The van der Waals surface area contributed by atoms with Gasteiger partial charge in [-0.15, -0.1) is 11.3 Å². The summed E-state index contributed by atoms with van der Waals surface area (Å²) in [5.41, 5.74) is 0.814. The Bertz CT molecular complexity index is 599. The maximum absolute atomic E-state index is 11.5. The first-order chi connectivity index (χ1) is 7.49. The van der Waals surface area contributed by atoms with Gasteiger partial charge in [-0.25, -0.2) is 0 Å². The quantitative estimate of drug-likeness (QED) is 0.797. The molecule has 0 saturated carbocycles. The van der Waals surface area contributed by atoms with Gasteiger partial charge < -0.3 is 10.1 Å². The van der Waals surface area contributed by atoms with Gasteiger partial charge >= 0.3 is 0 Å². The predicted octanol–water partition coefficient (Wildman–Crippen LogP) is 2.13. The van der Waals surface area contributed by atoms with Crippen molar-refractivity contribution in [2.45, 2.75) is 20.8 Å². The van der Waals surface area contributed by atoms with E-state index < -0.39 is 0 Å². The SMILES string of the molecule is Cc1cc(-c2nc(O)c(C)c(=O)[nH]2)c(C)s1. The Morgan fingerprint density at radius 1 is 1.38 bits per heavy atom. The minimum Gasteiger partial charge on any atom is -0.493 e. The molecule has 2 rings (SSSR count). The van der Waals surface area contributed by atoms with Gasteiger partial charge in [-0.1, -0.05) is 0 Å². The third kappa shape index (κ3) is 1.74. The summed E-state index contributed by atoms with van der Waals surface area (Å²) in [5.74, 6) is 0.219. The van der Waals surface area contributed by atoms with Gasteiger partial charge in [0.25, 0.3) is 5.56 Å². The third-order valence-corrected chi connectivity index (χ3v) is 3.39. The first-order valence-corrected chi connectivity index (χ1v) is 5.68. The highest BCUT2D eigenvalue weighted by atomic mass is 32.1. The Balaban J connectivity index is 2.66. The van der Waals surface area contributed by atoms with Gasteiger partial charge in [0.2, 0.25) is 5.88 Å². The lowest BCUT2D eigenvalue weighted by Crippen LogP contribution is -2.12. The molecule has 2 aromatic rings. The number of nitrogens with one attached hydrogen (secondary N) is 1. The van der Waals surface area contributed by atoms with E-state index in [1.807, 2.05) is 19.9 Å². The van der Waals surface area contributed by atoms with Crippen LogP contribution in [0.15, 0.2) is 10.9 Å². The molecule has 0 amide bonds. The topological polar surface area (TPSA) is 66.0 Å². The molecule has 2 aromatic heterocycles. The van der Waals surface area contributed by atoms with Crippen LogP contribution in [0.25, 0.3) is 11.4 Å². The van der Waals surface area contributed by atoms with Crippen molar-refractivity contribution in [2.24, 2.45) is 0 Å². The summed E-state index contributed by atoms with van der Waals surface area (Å²) in [6.07, 6.45) is 0. The normalized spacial score (nSPS) is 10.7. The molecule has 0 spiro atoms. The Hall–Kier alpha value is -1.62. The van der Waals surface area contributed by atoms with Crippen molar-refractivity contribution >= 4 is 11.3 Å². The number of hydrogen-bond acceptors (Lipinski definition) is 4. The van der Waals surface area contributed by atoms with E-state index in [0.29, 0.717) is 5.82 Å². The fourth-order valence-electron chi connectivity index (χ4n) is 1.51. The van der Waals surface area contributed by atoms with Crippen molar-refractivity contribution in [1.82, 2.24) is 9.97 Å². The van der Waals surface area contributed by atoms with Gasteiger partial charge in [-0.3, -0.25) is 4.79 Å². The van der Waals surface area contributed by atoms with Gasteiger partial charge in [-0.05, 0) is 26.8 Å². The van der Waals surface area contributed by atoms with Crippen LogP contribution in [0.4, 0.5) is 0 Å². The molecule has 0 radical (unpaired) electrons. The summed E-state index contributed by atoms with van der Waals surface area (Å²) >= 11 is 1.64. The number of rotatable bonds is 1.